The Kier molecular flexibility index (Phi) is 8.33. The Bertz CT molecular complexity index is 1340. The molecule has 1 fully saturated rings. The van der Waals surface area contributed by atoms with E-state index in [0.29, 0.717) is 18.4 Å². The highest BCUT2D eigenvalue weighted by molar-refractivity contribution is 5.46. The average Bonchev–Trinajstić information content (AvgIpc) is 3.32. The molecule has 2 atom stereocenters. The number of benzene rings is 3. The minimum Gasteiger partial charge on any atom is -0.383 e. The number of likely N-dealkylation sites (tertiary alicyclic amines) is 1. The number of hydrogen-bond acceptors (Lipinski definition) is 5. The van der Waals surface area contributed by atoms with E-state index in [0.717, 1.165) is 55.6 Å². The summed E-state index contributed by atoms with van der Waals surface area (Å²) in [6, 6.07) is 20.3. The van der Waals surface area contributed by atoms with Gasteiger partial charge in [0.15, 0.2) is 0 Å². The molecular weight excluding hydrogens is 496 g/mol. The molecule has 0 spiro atoms. The number of rotatable bonds is 9. The second-order valence-corrected chi connectivity index (χ2v) is 10.7. The Morgan fingerprint density at radius 2 is 1.74 bits per heavy atom. The van der Waals surface area contributed by atoms with Gasteiger partial charge in [0.2, 0.25) is 0 Å². The zero-order valence-electron chi connectivity index (χ0n) is 22.2. The minimum atomic E-state index is -1.44. The van der Waals surface area contributed by atoms with E-state index < -0.39 is 11.4 Å². The molecule has 3 N–H and O–H groups in total. The molecule has 6 nitrogen and oxygen atoms in total. The zero-order valence-corrected chi connectivity index (χ0v) is 22.2. The van der Waals surface area contributed by atoms with Crippen LogP contribution in [-0.4, -0.2) is 50.9 Å². The van der Waals surface area contributed by atoms with Crippen LogP contribution < -0.4 is 5.32 Å². The van der Waals surface area contributed by atoms with Crippen LogP contribution in [0.15, 0.2) is 73.1 Å². The van der Waals surface area contributed by atoms with E-state index in [-0.39, 0.29) is 17.8 Å². The summed E-state index contributed by atoms with van der Waals surface area (Å²) >= 11 is 0. The number of nitrogens with zero attached hydrogens (tertiary/aromatic N) is 3. The summed E-state index contributed by atoms with van der Waals surface area (Å²) < 4.78 is 28.2. The fraction of sp³-hybridized carbons (Fsp3) is 0.355. The number of halogens is 2. The van der Waals surface area contributed by atoms with E-state index in [4.69, 9.17) is 0 Å². The fourth-order valence-corrected chi connectivity index (χ4v) is 5.45. The van der Waals surface area contributed by atoms with Gasteiger partial charge in [0.25, 0.3) is 0 Å². The van der Waals surface area contributed by atoms with Crippen molar-refractivity contribution in [2.45, 2.75) is 50.7 Å². The van der Waals surface area contributed by atoms with Gasteiger partial charge in [0.05, 0.1) is 0 Å². The van der Waals surface area contributed by atoms with Gasteiger partial charge in [0, 0.05) is 36.8 Å². The van der Waals surface area contributed by atoms with E-state index in [2.05, 4.69) is 49.7 Å². The first-order valence-corrected chi connectivity index (χ1v) is 13.5. The molecule has 4 aromatic rings. The van der Waals surface area contributed by atoms with Crippen LogP contribution in [0.5, 0.6) is 0 Å². The fourth-order valence-electron chi connectivity index (χ4n) is 5.45. The number of H-pyrrole nitrogens is 1. The Labute approximate surface area is 228 Å². The molecule has 0 amide bonds. The maximum atomic E-state index is 15.0. The van der Waals surface area contributed by atoms with E-state index in [1.165, 1.54) is 30.1 Å². The van der Waals surface area contributed by atoms with Crippen molar-refractivity contribution in [3.8, 4) is 0 Å². The first-order valence-electron chi connectivity index (χ1n) is 13.5. The summed E-state index contributed by atoms with van der Waals surface area (Å²) in [5, 5.41) is 22.2. The molecule has 1 saturated heterocycles. The molecule has 3 aromatic carbocycles. The third kappa shape index (κ3) is 7.07. The summed E-state index contributed by atoms with van der Waals surface area (Å²) in [6.07, 6.45) is 5.19. The lowest BCUT2D eigenvalue weighted by atomic mass is 9.88. The van der Waals surface area contributed by atoms with Gasteiger partial charge in [-0.2, -0.15) is 5.10 Å². The van der Waals surface area contributed by atoms with E-state index >= 15 is 4.39 Å². The van der Waals surface area contributed by atoms with Gasteiger partial charge in [-0.25, -0.2) is 13.8 Å². The van der Waals surface area contributed by atoms with Crippen molar-refractivity contribution in [1.29, 1.82) is 0 Å². The average molecular weight is 532 g/mol. The lowest BCUT2D eigenvalue weighted by Gasteiger charge is -2.34. The molecule has 2 heterocycles. The standard InChI is InChI=1S/C31H35F2N5O/c1-22-4-13-28(29(33)17-22)31(39,19-30-34-21-35-37-30)20-38-15-2-3-26(14-16-38)36-27-11-7-24(8-12-27)18-23-5-9-25(32)10-6-23/h4-13,17,21,26,36,39H,2-3,14-16,18-20H2,1H3,(H,34,35,37). The summed E-state index contributed by atoms with van der Waals surface area (Å²) in [5.41, 5.74) is 2.98. The molecule has 1 aromatic heterocycles. The highest BCUT2D eigenvalue weighted by Crippen LogP contribution is 2.30. The van der Waals surface area contributed by atoms with Crippen LogP contribution in [0.2, 0.25) is 0 Å². The first kappa shape index (κ1) is 27.0. The Morgan fingerprint density at radius 3 is 2.44 bits per heavy atom. The van der Waals surface area contributed by atoms with Crippen molar-refractivity contribution in [3.05, 3.63) is 113 Å². The predicted molar refractivity (Wildman–Crippen MR) is 148 cm³/mol. The number of aromatic nitrogens is 3. The number of aryl methyl sites for hydroxylation is 1. The Balaban J connectivity index is 1.21. The number of aromatic amines is 1. The number of aliphatic hydroxyl groups is 1. The summed E-state index contributed by atoms with van der Waals surface area (Å²) in [7, 11) is 0. The van der Waals surface area contributed by atoms with Crippen LogP contribution in [-0.2, 0) is 18.4 Å². The van der Waals surface area contributed by atoms with Crippen molar-refractivity contribution in [2.75, 3.05) is 25.0 Å². The highest BCUT2D eigenvalue weighted by atomic mass is 19.1. The molecule has 8 heteroatoms. The van der Waals surface area contributed by atoms with Gasteiger partial charge in [0.1, 0.15) is 29.4 Å². The SMILES string of the molecule is Cc1ccc(C(O)(Cc2ncn[nH]2)CN2CCCC(Nc3ccc(Cc4ccc(F)cc4)cc3)CC2)c(F)c1. The maximum Gasteiger partial charge on any atom is 0.137 e. The molecule has 1 aliphatic rings. The number of β-amino-alcohol motifs (C(OH)–C–C–N with tert-alkyl or cyclic N) is 1. The lowest BCUT2D eigenvalue weighted by Crippen LogP contribution is -2.44. The van der Waals surface area contributed by atoms with Crippen molar-refractivity contribution in [1.82, 2.24) is 20.1 Å². The normalized spacial score (nSPS) is 17.9. The maximum absolute atomic E-state index is 15.0. The van der Waals surface area contributed by atoms with Crippen LogP contribution in [0.3, 0.4) is 0 Å². The molecule has 2 unspecified atom stereocenters. The van der Waals surface area contributed by atoms with Crippen LogP contribution in [0.1, 0.15) is 47.3 Å². The number of hydrogen-bond donors (Lipinski definition) is 3. The third-order valence-electron chi connectivity index (χ3n) is 7.50. The topological polar surface area (TPSA) is 77.1 Å². The zero-order chi connectivity index (χ0) is 27.2. The van der Waals surface area contributed by atoms with Gasteiger partial charge in [-0.1, -0.05) is 36.4 Å². The molecule has 5 rings (SSSR count). The molecule has 0 bridgehead atoms. The smallest absolute Gasteiger partial charge is 0.137 e. The number of anilines is 1. The molecular formula is C31H35F2N5O. The van der Waals surface area contributed by atoms with E-state index in [1.807, 2.05) is 25.1 Å². The highest BCUT2D eigenvalue weighted by Gasteiger charge is 2.36. The van der Waals surface area contributed by atoms with Crippen molar-refractivity contribution >= 4 is 5.69 Å². The molecule has 0 aliphatic carbocycles. The lowest BCUT2D eigenvalue weighted by molar-refractivity contribution is -0.00466. The largest absolute Gasteiger partial charge is 0.383 e. The third-order valence-corrected chi connectivity index (χ3v) is 7.50. The molecule has 39 heavy (non-hydrogen) atoms. The minimum absolute atomic E-state index is 0.148. The Hall–Kier alpha value is -3.62. The van der Waals surface area contributed by atoms with Crippen molar-refractivity contribution in [3.63, 3.8) is 0 Å². The molecule has 0 saturated carbocycles. The molecule has 204 valence electrons. The van der Waals surface area contributed by atoms with Gasteiger partial charge >= 0.3 is 0 Å². The Morgan fingerprint density at radius 1 is 1.00 bits per heavy atom. The van der Waals surface area contributed by atoms with Gasteiger partial charge in [-0.15, -0.1) is 0 Å². The van der Waals surface area contributed by atoms with Gasteiger partial charge < -0.3 is 15.3 Å². The van der Waals surface area contributed by atoms with Gasteiger partial charge in [-0.3, -0.25) is 5.10 Å². The van der Waals surface area contributed by atoms with Crippen LogP contribution in [0.25, 0.3) is 0 Å². The van der Waals surface area contributed by atoms with Crippen LogP contribution >= 0.6 is 0 Å². The monoisotopic (exact) mass is 531 g/mol. The summed E-state index contributed by atoms with van der Waals surface area (Å²) in [4.78, 5) is 6.41. The van der Waals surface area contributed by atoms with Crippen LogP contribution in [0, 0.1) is 18.6 Å². The number of nitrogens with one attached hydrogen (secondary N) is 2. The van der Waals surface area contributed by atoms with E-state index in [1.54, 1.807) is 6.07 Å². The second kappa shape index (κ2) is 12.1. The van der Waals surface area contributed by atoms with Crippen molar-refractivity contribution in [2.24, 2.45) is 0 Å². The van der Waals surface area contributed by atoms with Crippen LogP contribution in [0.4, 0.5) is 14.5 Å². The molecule has 0 radical (unpaired) electrons. The van der Waals surface area contributed by atoms with Gasteiger partial charge in [-0.05, 0) is 86.2 Å². The summed E-state index contributed by atoms with van der Waals surface area (Å²) in [5.74, 6) is -0.106. The van der Waals surface area contributed by atoms with Crippen molar-refractivity contribution < 1.29 is 13.9 Å². The van der Waals surface area contributed by atoms with E-state index in [9.17, 15) is 9.50 Å². The molecule has 1 aliphatic heterocycles. The second-order valence-electron chi connectivity index (χ2n) is 10.7. The predicted octanol–water partition coefficient (Wildman–Crippen LogP) is 5.38. The quantitative estimate of drug-likeness (QED) is 0.270. The first-order chi connectivity index (χ1) is 18.9. The summed E-state index contributed by atoms with van der Waals surface area (Å²) in [6.45, 7) is 3.75.